The van der Waals surface area contributed by atoms with Gasteiger partial charge in [-0.2, -0.15) is 0 Å². The van der Waals surface area contributed by atoms with Crippen LogP contribution in [0, 0.1) is 11.8 Å². The van der Waals surface area contributed by atoms with Gasteiger partial charge in [0.2, 0.25) is 11.8 Å². The van der Waals surface area contributed by atoms with Crippen LogP contribution >= 0.6 is 24.0 Å². The molecule has 1 unspecified atom stereocenters. The largest absolute Gasteiger partial charge is 0.477 e. The van der Waals surface area contributed by atoms with E-state index in [0.29, 0.717) is 17.9 Å². The maximum Gasteiger partial charge on any atom is 0.353 e. The molecule has 2 amide bonds. The monoisotopic (exact) mass is 456 g/mol. The lowest BCUT2D eigenvalue weighted by atomic mass is 9.78. The maximum atomic E-state index is 12.8. The van der Waals surface area contributed by atoms with Crippen LogP contribution in [0.4, 0.5) is 0 Å². The van der Waals surface area contributed by atoms with Crippen LogP contribution in [0.5, 0.6) is 0 Å². The molecule has 0 saturated carbocycles. The van der Waals surface area contributed by atoms with Gasteiger partial charge in [-0.15, -0.1) is 11.8 Å². The van der Waals surface area contributed by atoms with Crippen LogP contribution in [0.25, 0.3) is 0 Å². The number of carbonyl (C=O) groups excluding carboxylic acids is 2. The Morgan fingerprint density at radius 1 is 1.43 bits per heavy atom. The molecular weight excluding hydrogens is 428 g/mol. The minimum atomic E-state index is -1.10. The highest BCUT2D eigenvalue weighted by atomic mass is 32.2. The van der Waals surface area contributed by atoms with Crippen LogP contribution in [-0.2, 0) is 19.1 Å². The lowest BCUT2D eigenvalue weighted by Gasteiger charge is -2.47. The summed E-state index contributed by atoms with van der Waals surface area (Å²) in [4.78, 5) is 40.8. The van der Waals surface area contributed by atoms with Gasteiger partial charge in [0, 0.05) is 42.8 Å². The summed E-state index contributed by atoms with van der Waals surface area (Å²) < 4.78 is 4.98. The summed E-state index contributed by atoms with van der Waals surface area (Å²) in [5.41, 5.74) is 0.0719. The summed E-state index contributed by atoms with van der Waals surface area (Å²) in [6, 6.07) is -0.779. The molecule has 3 N–H and O–H groups in total. The highest BCUT2D eigenvalue weighted by molar-refractivity contribution is 8.03. The number of rotatable bonds is 6. The number of aliphatic carboxylic acids is 1. The fourth-order valence-corrected chi connectivity index (χ4v) is 6.17. The van der Waals surface area contributed by atoms with Gasteiger partial charge < -0.3 is 30.3 Å². The van der Waals surface area contributed by atoms with Crippen LogP contribution < -0.4 is 10.6 Å². The van der Waals surface area contributed by atoms with Crippen molar-refractivity contribution in [2.75, 3.05) is 27.7 Å². The predicted octanol–water partition coefficient (Wildman–Crippen LogP) is 0.221. The van der Waals surface area contributed by atoms with Gasteiger partial charge in [-0.25, -0.2) is 4.79 Å². The molecular formula is C19H28N4O5S2. The fourth-order valence-electron chi connectivity index (χ4n) is 4.50. The minimum absolute atomic E-state index is 0.0121. The molecule has 11 heteroatoms. The first kappa shape index (κ1) is 22.8. The van der Waals surface area contributed by atoms with Crippen molar-refractivity contribution in [1.82, 2.24) is 20.4 Å². The molecule has 3 rings (SSSR count). The molecule has 30 heavy (non-hydrogen) atoms. The number of carboxylic acids is 1. The second-order valence-corrected chi connectivity index (χ2v) is 9.84. The van der Waals surface area contributed by atoms with E-state index >= 15 is 0 Å². The van der Waals surface area contributed by atoms with Gasteiger partial charge in [-0.1, -0.05) is 6.92 Å². The summed E-state index contributed by atoms with van der Waals surface area (Å²) in [5.74, 6) is -1.81. The normalized spacial score (nSPS) is 31.2. The number of nitrogens with zero attached hydrogens (tertiary/aromatic N) is 2. The number of thiocarbonyl (C=S) groups is 1. The van der Waals surface area contributed by atoms with Crippen molar-refractivity contribution in [3.63, 3.8) is 0 Å². The average molecular weight is 457 g/mol. The lowest BCUT2D eigenvalue weighted by molar-refractivity contribution is -0.158. The average Bonchev–Trinajstić information content (AvgIpc) is 3.23. The minimum Gasteiger partial charge on any atom is -0.477 e. The molecule has 0 bridgehead atoms. The third-order valence-electron chi connectivity index (χ3n) is 5.98. The van der Waals surface area contributed by atoms with Gasteiger partial charge in [0.1, 0.15) is 5.70 Å². The van der Waals surface area contributed by atoms with E-state index < -0.39 is 5.97 Å². The van der Waals surface area contributed by atoms with Gasteiger partial charge in [0.15, 0.2) is 0 Å². The number of amides is 2. The Balaban J connectivity index is 1.76. The Hall–Kier alpha value is -1.85. The Bertz CT molecular complexity index is 802. The van der Waals surface area contributed by atoms with Crippen molar-refractivity contribution in [2.45, 2.75) is 43.6 Å². The molecule has 0 aromatic carbocycles. The van der Waals surface area contributed by atoms with E-state index in [-0.39, 0.29) is 57.9 Å². The van der Waals surface area contributed by atoms with Gasteiger partial charge in [-0.05, 0) is 25.6 Å². The Labute approximate surface area is 185 Å². The second kappa shape index (κ2) is 8.72. The van der Waals surface area contributed by atoms with Gasteiger partial charge in [0.25, 0.3) is 5.17 Å². The number of hydrogen-bond donors (Lipinski definition) is 3. The number of carbonyl (C=O) groups is 3. The van der Waals surface area contributed by atoms with Crippen LogP contribution in [-0.4, -0.2) is 89.0 Å². The number of likely N-dealkylation sites (N-methyl/N-ethyl adjacent to an activating group) is 1. The van der Waals surface area contributed by atoms with Gasteiger partial charge in [0.05, 0.1) is 25.1 Å². The number of nitrogens with one attached hydrogen (secondary N) is 2. The first-order valence-corrected chi connectivity index (χ1v) is 11.1. The SMILES string of the molecule is COC(=S)N[C@H](C)[C@H]1C(=O)N2C(C(=O)O)=C(SC3CN[C@H](C(=O)N(C)C)C3)[C@H](C)[C@@H]12. The number of fused-ring (bicyclic) bond motifs is 1. The second-order valence-electron chi connectivity index (χ2n) is 8.12. The molecule has 0 spiro atoms. The lowest BCUT2D eigenvalue weighted by Crippen LogP contribution is -2.66. The summed E-state index contributed by atoms with van der Waals surface area (Å²) in [6.07, 6.45) is 0.618. The third-order valence-corrected chi connectivity index (χ3v) is 7.78. The van der Waals surface area contributed by atoms with Crippen molar-refractivity contribution < 1.29 is 24.2 Å². The zero-order chi connectivity index (χ0) is 22.3. The molecule has 3 heterocycles. The Morgan fingerprint density at radius 2 is 2.10 bits per heavy atom. The van der Waals surface area contributed by atoms with E-state index in [1.54, 1.807) is 19.0 Å². The topological polar surface area (TPSA) is 111 Å². The zero-order valence-corrected chi connectivity index (χ0v) is 19.3. The summed E-state index contributed by atoms with van der Waals surface area (Å²) in [7, 11) is 4.89. The first-order chi connectivity index (χ1) is 14.1. The van der Waals surface area contributed by atoms with Gasteiger partial charge in [-0.3, -0.25) is 9.59 Å². The first-order valence-electron chi connectivity index (χ1n) is 9.84. The molecule has 3 aliphatic heterocycles. The quantitative estimate of drug-likeness (QED) is 0.382. The maximum absolute atomic E-state index is 12.8. The third kappa shape index (κ3) is 3.90. The molecule has 0 aromatic heterocycles. The number of β-lactam (4-membered cyclic amide) rings is 1. The van der Waals surface area contributed by atoms with Crippen LogP contribution in [0.3, 0.4) is 0 Å². The van der Waals surface area contributed by atoms with Crippen molar-refractivity contribution in [3.8, 4) is 0 Å². The van der Waals surface area contributed by atoms with Crippen LogP contribution in [0.1, 0.15) is 20.3 Å². The molecule has 2 saturated heterocycles. The molecule has 3 aliphatic rings. The van der Waals surface area contributed by atoms with Crippen molar-refractivity contribution >= 4 is 46.9 Å². The van der Waals surface area contributed by atoms with Gasteiger partial charge >= 0.3 is 5.97 Å². The highest BCUT2D eigenvalue weighted by Gasteiger charge is 2.60. The standard InChI is InChI=1S/C19H28N4O5S2/c1-8-13-12(9(2)21-19(29)28-5)17(25)23(13)14(18(26)27)15(8)30-10-6-11(20-7-10)16(24)22(3)4/h8-13,20H,6-7H2,1-5H3,(H,21,29)(H,26,27)/t8-,9-,10?,11+,12-,13+/m1/s1. The van der Waals surface area contributed by atoms with E-state index in [2.05, 4.69) is 10.6 Å². The van der Waals surface area contributed by atoms with E-state index in [0.717, 1.165) is 0 Å². The van der Waals surface area contributed by atoms with E-state index in [4.69, 9.17) is 17.0 Å². The molecule has 0 radical (unpaired) electrons. The fraction of sp³-hybridized carbons (Fsp3) is 0.684. The number of hydrogen-bond acceptors (Lipinski definition) is 7. The van der Waals surface area contributed by atoms with Crippen LogP contribution in [0.2, 0.25) is 0 Å². The smallest absolute Gasteiger partial charge is 0.353 e. The number of methoxy groups -OCH3 is 1. The Kier molecular flexibility index (Phi) is 6.63. The predicted molar refractivity (Wildman–Crippen MR) is 117 cm³/mol. The number of ether oxygens (including phenoxy) is 1. The highest BCUT2D eigenvalue weighted by Crippen LogP contribution is 2.51. The van der Waals surface area contributed by atoms with E-state index in [1.165, 1.54) is 23.8 Å². The number of carboxylic acid groups (broad SMARTS) is 1. The summed E-state index contributed by atoms with van der Waals surface area (Å²) in [6.45, 7) is 4.42. The Morgan fingerprint density at radius 3 is 2.67 bits per heavy atom. The zero-order valence-electron chi connectivity index (χ0n) is 17.7. The summed E-state index contributed by atoms with van der Waals surface area (Å²) >= 11 is 6.51. The van der Waals surface area contributed by atoms with E-state index in [9.17, 15) is 19.5 Å². The molecule has 0 aromatic rings. The number of thioether (sulfide) groups is 1. The van der Waals surface area contributed by atoms with E-state index in [1.807, 2.05) is 13.8 Å². The molecule has 9 nitrogen and oxygen atoms in total. The molecule has 166 valence electrons. The van der Waals surface area contributed by atoms with Crippen molar-refractivity contribution in [1.29, 1.82) is 0 Å². The van der Waals surface area contributed by atoms with Crippen LogP contribution in [0.15, 0.2) is 10.6 Å². The summed E-state index contributed by atoms with van der Waals surface area (Å²) in [5, 5.41) is 16.3. The molecule has 6 atom stereocenters. The van der Waals surface area contributed by atoms with Crippen molar-refractivity contribution in [2.24, 2.45) is 11.8 Å². The molecule has 2 fully saturated rings. The van der Waals surface area contributed by atoms with Crippen molar-refractivity contribution in [3.05, 3.63) is 10.6 Å². The molecule has 0 aliphatic carbocycles.